The van der Waals surface area contributed by atoms with Crippen molar-refractivity contribution in [3.05, 3.63) is 62.7 Å². The van der Waals surface area contributed by atoms with Crippen LogP contribution in [0.2, 0.25) is 0 Å². The first-order valence-electron chi connectivity index (χ1n) is 5.74. The third-order valence-corrected chi connectivity index (χ3v) is 3.40. The van der Waals surface area contributed by atoms with Gasteiger partial charge in [-0.25, -0.2) is 8.78 Å². The molecular weight excluding hydrogens is 393 g/mol. The van der Waals surface area contributed by atoms with Crippen molar-refractivity contribution in [2.45, 2.75) is 0 Å². The van der Waals surface area contributed by atoms with Gasteiger partial charge in [0.15, 0.2) is 0 Å². The Hall–Kier alpha value is -2.03. The van der Waals surface area contributed by atoms with E-state index in [0.29, 0.717) is 11.6 Å². The number of nitrogens with two attached hydrogens (primary N) is 1. The van der Waals surface area contributed by atoms with E-state index in [9.17, 15) is 18.4 Å². The SMILES string of the molecule is NC(=O)c1cc(NC(=O)c2ccc(I)cc2)c(F)cc1F. The summed E-state index contributed by atoms with van der Waals surface area (Å²) in [5, 5.41) is 2.28. The summed E-state index contributed by atoms with van der Waals surface area (Å²) in [5.74, 6) is -3.69. The number of amides is 2. The van der Waals surface area contributed by atoms with Crippen LogP contribution >= 0.6 is 22.6 Å². The normalized spacial score (nSPS) is 10.2. The molecule has 108 valence electrons. The fourth-order valence-corrected chi connectivity index (χ4v) is 1.99. The van der Waals surface area contributed by atoms with Crippen LogP contribution in [0.5, 0.6) is 0 Å². The minimum absolute atomic E-state index is 0.305. The summed E-state index contributed by atoms with van der Waals surface area (Å²) in [6.45, 7) is 0. The number of hydrogen-bond acceptors (Lipinski definition) is 2. The van der Waals surface area contributed by atoms with Crippen molar-refractivity contribution < 1.29 is 18.4 Å². The Balaban J connectivity index is 2.30. The molecule has 0 fully saturated rings. The molecule has 2 aromatic rings. The molecule has 0 saturated heterocycles. The molecule has 0 saturated carbocycles. The molecule has 2 aromatic carbocycles. The Bertz CT molecular complexity index is 718. The number of benzene rings is 2. The molecule has 3 N–H and O–H groups in total. The highest BCUT2D eigenvalue weighted by molar-refractivity contribution is 14.1. The number of anilines is 1. The lowest BCUT2D eigenvalue weighted by molar-refractivity contribution is 0.0992. The first-order valence-corrected chi connectivity index (χ1v) is 6.82. The maximum Gasteiger partial charge on any atom is 0.255 e. The van der Waals surface area contributed by atoms with E-state index < -0.39 is 29.0 Å². The van der Waals surface area contributed by atoms with Gasteiger partial charge in [-0.3, -0.25) is 9.59 Å². The summed E-state index contributed by atoms with van der Waals surface area (Å²) in [6.07, 6.45) is 0. The predicted molar refractivity (Wildman–Crippen MR) is 82.0 cm³/mol. The molecule has 0 spiro atoms. The van der Waals surface area contributed by atoms with Crippen LogP contribution in [0.15, 0.2) is 36.4 Å². The fraction of sp³-hybridized carbons (Fsp3) is 0. The smallest absolute Gasteiger partial charge is 0.255 e. The Morgan fingerprint density at radius 3 is 2.24 bits per heavy atom. The summed E-state index contributed by atoms with van der Waals surface area (Å²) in [6, 6.07) is 7.93. The summed E-state index contributed by atoms with van der Waals surface area (Å²) in [7, 11) is 0. The molecule has 0 aliphatic rings. The van der Waals surface area contributed by atoms with Gasteiger partial charge in [-0.1, -0.05) is 0 Å². The fourth-order valence-electron chi connectivity index (χ4n) is 1.63. The number of nitrogens with one attached hydrogen (secondary N) is 1. The number of carbonyl (C=O) groups is 2. The van der Waals surface area contributed by atoms with E-state index in [1.54, 1.807) is 24.3 Å². The van der Waals surface area contributed by atoms with E-state index in [1.165, 1.54) is 0 Å². The Morgan fingerprint density at radius 2 is 1.67 bits per heavy atom. The molecular formula is C14H9F2IN2O2. The van der Waals surface area contributed by atoms with E-state index in [-0.39, 0.29) is 5.69 Å². The van der Waals surface area contributed by atoms with Crippen LogP contribution in [0.4, 0.5) is 14.5 Å². The molecule has 0 atom stereocenters. The van der Waals surface area contributed by atoms with Gasteiger partial charge in [-0.05, 0) is 52.9 Å². The zero-order chi connectivity index (χ0) is 15.6. The minimum atomic E-state index is -1.08. The van der Waals surface area contributed by atoms with Gasteiger partial charge in [0.25, 0.3) is 11.8 Å². The molecule has 0 unspecified atom stereocenters. The van der Waals surface area contributed by atoms with Crippen LogP contribution in [0.25, 0.3) is 0 Å². The van der Waals surface area contributed by atoms with Crippen molar-refractivity contribution in [1.82, 2.24) is 0 Å². The minimum Gasteiger partial charge on any atom is -0.366 e. The highest BCUT2D eigenvalue weighted by Crippen LogP contribution is 2.20. The Labute approximate surface area is 132 Å². The lowest BCUT2D eigenvalue weighted by Gasteiger charge is -2.08. The van der Waals surface area contributed by atoms with Gasteiger partial charge in [0.05, 0.1) is 11.3 Å². The second-order valence-electron chi connectivity index (χ2n) is 4.14. The summed E-state index contributed by atoms with van der Waals surface area (Å²) in [4.78, 5) is 23.0. The topological polar surface area (TPSA) is 72.2 Å². The van der Waals surface area contributed by atoms with Gasteiger partial charge >= 0.3 is 0 Å². The molecule has 0 radical (unpaired) electrons. The molecule has 0 aliphatic heterocycles. The summed E-state index contributed by atoms with van der Waals surface area (Å²) in [5.41, 5.74) is 4.48. The van der Waals surface area contributed by atoms with Crippen molar-refractivity contribution in [3.8, 4) is 0 Å². The summed E-state index contributed by atoms with van der Waals surface area (Å²) >= 11 is 2.08. The third kappa shape index (κ3) is 3.54. The number of carbonyl (C=O) groups excluding carboxylic acids is 2. The molecule has 2 amide bonds. The quantitative estimate of drug-likeness (QED) is 0.776. The van der Waals surface area contributed by atoms with Crippen LogP contribution in [0.3, 0.4) is 0 Å². The molecule has 2 rings (SSSR count). The molecule has 21 heavy (non-hydrogen) atoms. The van der Waals surface area contributed by atoms with Crippen LogP contribution in [0.1, 0.15) is 20.7 Å². The van der Waals surface area contributed by atoms with Gasteiger partial charge in [-0.15, -0.1) is 0 Å². The molecule has 4 nitrogen and oxygen atoms in total. The number of rotatable bonds is 3. The van der Waals surface area contributed by atoms with Gasteiger partial charge in [0, 0.05) is 15.2 Å². The molecule has 0 aromatic heterocycles. The van der Waals surface area contributed by atoms with Crippen molar-refractivity contribution in [2.24, 2.45) is 5.73 Å². The molecule has 0 heterocycles. The second kappa shape index (κ2) is 6.17. The van der Waals surface area contributed by atoms with Crippen molar-refractivity contribution in [3.63, 3.8) is 0 Å². The third-order valence-electron chi connectivity index (χ3n) is 2.68. The van der Waals surface area contributed by atoms with E-state index in [2.05, 4.69) is 27.9 Å². The van der Waals surface area contributed by atoms with E-state index in [1.807, 2.05) is 0 Å². The standard InChI is InChI=1S/C14H9F2IN2O2/c15-10-6-11(16)12(5-9(10)13(18)20)19-14(21)7-1-3-8(17)4-2-7/h1-6H,(H2,18,20)(H,19,21). The maximum atomic E-state index is 13.6. The highest BCUT2D eigenvalue weighted by Gasteiger charge is 2.16. The van der Waals surface area contributed by atoms with Crippen molar-refractivity contribution in [2.75, 3.05) is 5.32 Å². The van der Waals surface area contributed by atoms with Crippen molar-refractivity contribution in [1.29, 1.82) is 0 Å². The zero-order valence-corrected chi connectivity index (χ0v) is 12.6. The van der Waals surface area contributed by atoms with Gasteiger partial charge < -0.3 is 11.1 Å². The lowest BCUT2D eigenvalue weighted by Crippen LogP contribution is -2.17. The molecule has 7 heteroatoms. The van der Waals surface area contributed by atoms with Crippen molar-refractivity contribution >= 4 is 40.1 Å². The van der Waals surface area contributed by atoms with E-state index >= 15 is 0 Å². The second-order valence-corrected chi connectivity index (χ2v) is 5.38. The number of primary amides is 1. The Kier molecular flexibility index (Phi) is 4.51. The predicted octanol–water partition coefficient (Wildman–Crippen LogP) is 2.92. The lowest BCUT2D eigenvalue weighted by atomic mass is 10.1. The largest absolute Gasteiger partial charge is 0.366 e. The monoisotopic (exact) mass is 402 g/mol. The van der Waals surface area contributed by atoms with Gasteiger partial charge in [0.1, 0.15) is 11.6 Å². The van der Waals surface area contributed by atoms with Crippen LogP contribution in [-0.4, -0.2) is 11.8 Å². The highest BCUT2D eigenvalue weighted by atomic mass is 127. The average Bonchev–Trinajstić information content (AvgIpc) is 2.42. The molecule has 0 bridgehead atoms. The van der Waals surface area contributed by atoms with E-state index in [0.717, 1.165) is 9.64 Å². The zero-order valence-electron chi connectivity index (χ0n) is 10.5. The van der Waals surface area contributed by atoms with Gasteiger partial charge in [0.2, 0.25) is 0 Å². The molecule has 0 aliphatic carbocycles. The summed E-state index contributed by atoms with van der Waals surface area (Å²) < 4.78 is 27.9. The van der Waals surface area contributed by atoms with Crippen LogP contribution in [-0.2, 0) is 0 Å². The first-order chi connectivity index (χ1) is 9.88. The average molecular weight is 402 g/mol. The van der Waals surface area contributed by atoms with E-state index in [4.69, 9.17) is 5.73 Å². The van der Waals surface area contributed by atoms with Crippen LogP contribution in [0, 0.1) is 15.2 Å². The maximum absolute atomic E-state index is 13.6. The van der Waals surface area contributed by atoms with Crippen LogP contribution < -0.4 is 11.1 Å². The number of hydrogen-bond donors (Lipinski definition) is 2. The van der Waals surface area contributed by atoms with Gasteiger partial charge in [-0.2, -0.15) is 0 Å². The first kappa shape index (κ1) is 15.4. The Morgan fingerprint density at radius 1 is 1.05 bits per heavy atom. The number of halogens is 3.